The number of carbonyl (C=O) groups is 1. The maximum absolute atomic E-state index is 11.8. The molecule has 6 nitrogen and oxygen atoms in total. The highest BCUT2D eigenvalue weighted by atomic mass is 32.1. The van der Waals surface area contributed by atoms with Crippen LogP contribution in [0.2, 0.25) is 0 Å². The Morgan fingerprint density at radius 3 is 2.76 bits per heavy atom. The molecule has 0 aromatic carbocycles. The van der Waals surface area contributed by atoms with E-state index in [-0.39, 0.29) is 5.91 Å². The Morgan fingerprint density at radius 2 is 2.10 bits per heavy atom. The average molecular weight is 307 g/mol. The van der Waals surface area contributed by atoms with Crippen LogP contribution in [0.1, 0.15) is 20.8 Å². The van der Waals surface area contributed by atoms with E-state index in [2.05, 4.69) is 25.9 Å². The number of thiophene rings is 1. The van der Waals surface area contributed by atoms with Crippen molar-refractivity contribution < 1.29 is 4.79 Å². The number of nitrogens with zero attached hydrogens (tertiary/aromatic N) is 2. The van der Waals surface area contributed by atoms with Gasteiger partial charge in [0.05, 0.1) is 10.8 Å². The number of amides is 1. The van der Waals surface area contributed by atoms with Gasteiger partial charge in [-0.25, -0.2) is 4.98 Å². The van der Waals surface area contributed by atoms with Crippen molar-refractivity contribution >= 4 is 39.2 Å². The van der Waals surface area contributed by atoms with Gasteiger partial charge in [0.15, 0.2) is 0 Å². The highest BCUT2D eigenvalue weighted by Crippen LogP contribution is 2.27. The third-order valence-corrected chi connectivity index (χ3v) is 4.01. The first-order chi connectivity index (χ1) is 9.97. The molecule has 0 saturated carbocycles. The van der Waals surface area contributed by atoms with Crippen molar-refractivity contribution in [3.05, 3.63) is 11.4 Å². The molecule has 0 aliphatic carbocycles. The molecule has 0 aliphatic rings. The highest BCUT2D eigenvalue weighted by molar-refractivity contribution is 7.16. The summed E-state index contributed by atoms with van der Waals surface area (Å²) in [5.41, 5.74) is -0.513. The number of nitrogens with one attached hydrogen (secondary N) is 3. The highest BCUT2D eigenvalue weighted by Gasteiger charge is 2.26. The Bertz CT molecular complexity index is 637. The monoisotopic (exact) mass is 307 g/mol. The van der Waals surface area contributed by atoms with E-state index in [0.29, 0.717) is 12.5 Å². The summed E-state index contributed by atoms with van der Waals surface area (Å²) in [6.07, 6.45) is 0. The van der Waals surface area contributed by atoms with Crippen LogP contribution >= 0.6 is 11.3 Å². The molecule has 1 amide bonds. The molecule has 0 aliphatic heterocycles. The van der Waals surface area contributed by atoms with Gasteiger partial charge in [-0.3, -0.25) is 4.79 Å². The van der Waals surface area contributed by atoms with E-state index in [1.54, 1.807) is 18.4 Å². The van der Waals surface area contributed by atoms with Crippen LogP contribution in [0.15, 0.2) is 11.4 Å². The van der Waals surface area contributed by atoms with Gasteiger partial charge >= 0.3 is 0 Å². The number of hydrogen-bond acceptors (Lipinski definition) is 6. The van der Waals surface area contributed by atoms with Crippen molar-refractivity contribution in [2.45, 2.75) is 20.8 Å². The van der Waals surface area contributed by atoms with Crippen molar-refractivity contribution in [1.29, 1.82) is 0 Å². The Labute approximate surface area is 128 Å². The van der Waals surface area contributed by atoms with Crippen molar-refractivity contribution in [1.82, 2.24) is 15.3 Å². The molecule has 2 rings (SSSR count). The summed E-state index contributed by atoms with van der Waals surface area (Å²) >= 11 is 1.58. The lowest BCUT2D eigenvalue weighted by Crippen LogP contribution is -2.39. The molecular formula is C14H21N5OS. The van der Waals surface area contributed by atoms with E-state index in [1.165, 1.54) is 0 Å². The van der Waals surface area contributed by atoms with Crippen molar-refractivity contribution in [2.75, 3.05) is 30.8 Å². The lowest BCUT2D eigenvalue weighted by Gasteiger charge is -2.23. The Kier molecular flexibility index (Phi) is 4.62. The summed E-state index contributed by atoms with van der Waals surface area (Å²) in [5.74, 6) is 1.36. The van der Waals surface area contributed by atoms with Crippen molar-refractivity contribution in [3.63, 3.8) is 0 Å². The summed E-state index contributed by atoms with van der Waals surface area (Å²) in [5, 5.41) is 12.1. The number of aromatic nitrogens is 2. The Hall–Kier alpha value is -1.89. The summed E-state index contributed by atoms with van der Waals surface area (Å²) in [6, 6.07) is 1.99. The first-order valence-corrected chi connectivity index (χ1v) is 7.81. The van der Waals surface area contributed by atoms with Gasteiger partial charge in [0.25, 0.3) is 0 Å². The van der Waals surface area contributed by atoms with Crippen LogP contribution in [0, 0.1) is 5.41 Å². The van der Waals surface area contributed by atoms with E-state index in [1.807, 2.05) is 32.2 Å². The molecule has 0 spiro atoms. The molecule has 3 N–H and O–H groups in total. The number of carbonyl (C=O) groups excluding carboxylic acids is 1. The molecule has 114 valence electrons. The van der Waals surface area contributed by atoms with Crippen LogP contribution in [-0.4, -0.2) is 36.0 Å². The predicted octanol–water partition coefficient (Wildman–Crippen LogP) is 2.31. The standard InChI is InChI=1S/C14H21N5OS/c1-5-16-13-18-10(9-6-7-21-11(9)19-13)17-8-14(2,3)12(20)15-4/h6-7H,5,8H2,1-4H3,(H,15,20)(H2,16,17,18,19). The second kappa shape index (κ2) is 6.26. The predicted molar refractivity (Wildman–Crippen MR) is 87.9 cm³/mol. The van der Waals surface area contributed by atoms with Crippen LogP contribution in [0.25, 0.3) is 10.2 Å². The third-order valence-electron chi connectivity index (χ3n) is 3.20. The molecule has 0 fully saturated rings. The molecule has 7 heteroatoms. The maximum atomic E-state index is 11.8. The van der Waals surface area contributed by atoms with Crippen LogP contribution in [0.3, 0.4) is 0 Å². The maximum Gasteiger partial charge on any atom is 0.227 e. The minimum absolute atomic E-state index is 0.00229. The molecule has 0 saturated heterocycles. The first-order valence-electron chi connectivity index (χ1n) is 6.93. The summed E-state index contributed by atoms with van der Waals surface area (Å²) < 4.78 is 0. The summed E-state index contributed by atoms with van der Waals surface area (Å²) in [7, 11) is 1.65. The van der Waals surface area contributed by atoms with Gasteiger partial charge in [-0.2, -0.15) is 4.98 Å². The first kappa shape index (κ1) is 15.5. The Morgan fingerprint density at radius 1 is 1.33 bits per heavy atom. The van der Waals surface area contributed by atoms with Gasteiger partial charge in [-0.05, 0) is 32.2 Å². The van der Waals surface area contributed by atoms with Crippen LogP contribution < -0.4 is 16.0 Å². The minimum atomic E-state index is -0.513. The summed E-state index contributed by atoms with van der Waals surface area (Å²) in [4.78, 5) is 21.7. The minimum Gasteiger partial charge on any atom is -0.368 e. The molecular weight excluding hydrogens is 286 g/mol. The Balaban J connectivity index is 2.24. The zero-order valence-corrected chi connectivity index (χ0v) is 13.6. The van der Waals surface area contributed by atoms with E-state index >= 15 is 0 Å². The number of fused-ring (bicyclic) bond motifs is 1. The molecule has 0 bridgehead atoms. The lowest BCUT2D eigenvalue weighted by molar-refractivity contribution is -0.128. The summed E-state index contributed by atoms with van der Waals surface area (Å²) in [6.45, 7) is 7.07. The van der Waals surface area contributed by atoms with E-state index in [0.717, 1.165) is 22.6 Å². The smallest absolute Gasteiger partial charge is 0.227 e. The molecule has 2 aromatic heterocycles. The topological polar surface area (TPSA) is 78.9 Å². The van der Waals surface area contributed by atoms with Crippen molar-refractivity contribution in [2.24, 2.45) is 5.41 Å². The quantitative estimate of drug-likeness (QED) is 0.763. The molecule has 0 unspecified atom stereocenters. The average Bonchev–Trinajstić information content (AvgIpc) is 2.92. The third kappa shape index (κ3) is 3.41. The van der Waals surface area contributed by atoms with Crippen LogP contribution in [0.5, 0.6) is 0 Å². The molecule has 2 aromatic rings. The molecule has 21 heavy (non-hydrogen) atoms. The normalized spacial score (nSPS) is 11.4. The van der Waals surface area contributed by atoms with Gasteiger partial charge in [0, 0.05) is 20.1 Å². The number of hydrogen-bond donors (Lipinski definition) is 3. The second-order valence-electron chi connectivity index (χ2n) is 5.38. The van der Waals surface area contributed by atoms with Crippen LogP contribution in [0.4, 0.5) is 11.8 Å². The fourth-order valence-electron chi connectivity index (χ4n) is 1.95. The molecule has 2 heterocycles. The fourth-order valence-corrected chi connectivity index (χ4v) is 2.71. The van der Waals surface area contributed by atoms with Gasteiger partial charge in [-0.15, -0.1) is 11.3 Å². The van der Waals surface area contributed by atoms with E-state index in [9.17, 15) is 4.79 Å². The zero-order chi connectivity index (χ0) is 15.5. The molecule has 0 atom stereocenters. The van der Waals surface area contributed by atoms with E-state index < -0.39 is 5.41 Å². The lowest BCUT2D eigenvalue weighted by atomic mass is 9.92. The largest absolute Gasteiger partial charge is 0.368 e. The zero-order valence-electron chi connectivity index (χ0n) is 12.8. The van der Waals surface area contributed by atoms with Gasteiger partial charge in [0.1, 0.15) is 10.6 Å². The van der Waals surface area contributed by atoms with Gasteiger partial charge < -0.3 is 16.0 Å². The molecule has 0 radical (unpaired) electrons. The number of rotatable bonds is 6. The van der Waals surface area contributed by atoms with Gasteiger partial charge in [-0.1, -0.05) is 0 Å². The fraction of sp³-hybridized carbons (Fsp3) is 0.500. The SMILES string of the molecule is CCNc1nc(NCC(C)(C)C(=O)NC)c2ccsc2n1. The van der Waals surface area contributed by atoms with Crippen LogP contribution in [-0.2, 0) is 4.79 Å². The van der Waals surface area contributed by atoms with Crippen molar-refractivity contribution in [3.8, 4) is 0 Å². The second-order valence-corrected chi connectivity index (χ2v) is 6.28. The van der Waals surface area contributed by atoms with E-state index in [4.69, 9.17) is 0 Å². The van der Waals surface area contributed by atoms with Gasteiger partial charge in [0.2, 0.25) is 11.9 Å². The number of anilines is 2.